The number of nitrogens with zero attached hydrogens (tertiary/aromatic N) is 2. The van der Waals surface area contributed by atoms with E-state index >= 15 is 0 Å². The summed E-state index contributed by atoms with van der Waals surface area (Å²) in [5.74, 6) is -3.64. The Balaban J connectivity index is 1.76. The number of aromatic nitrogens is 4. The first-order valence-electron chi connectivity index (χ1n) is 17.2. The van der Waals surface area contributed by atoms with E-state index in [-0.39, 0.29) is 30.8 Å². The Bertz CT molecular complexity index is 2320. The van der Waals surface area contributed by atoms with E-state index in [2.05, 4.69) is 16.5 Å². The molecule has 2 aromatic heterocycles. The fourth-order valence-corrected chi connectivity index (χ4v) is 7.70. The number of aryl methyl sites for hydroxylation is 2. The number of ether oxygens (including phenoxy) is 3. The predicted molar refractivity (Wildman–Crippen MR) is 200 cm³/mol. The normalized spacial score (nSPS) is 18.4. The molecular formula is C41H42N4O8. The van der Waals surface area contributed by atoms with Crippen molar-refractivity contribution in [3.8, 4) is 0 Å². The van der Waals surface area contributed by atoms with Crippen molar-refractivity contribution < 1.29 is 38.5 Å². The predicted octanol–water partition coefficient (Wildman–Crippen LogP) is 6.61. The number of hydrogen-bond donors (Lipinski definition) is 3. The number of esters is 3. The minimum absolute atomic E-state index is 0.0776. The minimum atomic E-state index is -1.14. The van der Waals surface area contributed by atoms with Gasteiger partial charge in [-0.25, -0.2) is 14.8 Å². The number of methoxy groups -OCH3 is 3. The Kier molecular flexibility index (Phi) is 9.83. The van der Waals surface area contributed by atoms with Crippen molar-refractivity contribution >= 4 is 62.8 Å². The van der Waals surface area contributed by atoms with Crippen LogP contribution in [0.1, 0.15) is 85.3 Å². The molecule has 12 nitrogen and oxygen atoms in total. The average molecular weight is 719 g/mol. The fraction of sp³-hybridized carbons (Fsp3) is 0.317. The molecule has 1 aliphatic carbocycles. The maximum absolute atomic E-state index is 13.7. The number of hydrogen-bond acceptors (Lipinski definition) is 9. The summed E-state index contributed by atoms with van der Waals surface area (Å²) in [5.41, 5.74) is 9.93. The second kappa shape index (κ2) is 14.2. The summed E-state index contributed by atoms with van der Waals surface area (Å²) < 4.78 is 15.4. The van der Waals surface area contributed by atoms with Crippen molar-refractivity contribution in [2.75, 3.05) is 21.3 Å². The Labute approximate surface area is 306 Å². The van der Waals surface area contributed by atoms with E-state index in [0.717, 1.165) is 44.5 Å². The summed E-state index contributed by atoms with van der Waals surface area (Å²) >= 11 is 0. The van der Waals surface area contributed by atoms with Crippen molar-refractivity contribution in [2.24, 2.45) is 5.92 Å². The van der Waals surface area contributed by atoms with Gasteiger partial charge >= 0.3 is 23.9 Å². The van der Waals surface area contributed by atoms with Gasteiger partial charge in [0.2, 0.25) is 0 Å². The first-order chi connectivity index (χ1) is 25.3. The van der Waals surface area contributed by atoms with Crippen LogP contribution in [0.2, 0.25) is 0 Å². The van der Waals surface area contributed by atoms with Gasteiger partial charge < -0.3 is 29.3 Å². The molecule has 6 rings (SSSR count). The lowest BCUT2D eigenvalue weighted by Gasteiger charge is -2.36. The SMILES string of the molecule is C=CC1=C(C)c2cc3[nH]c(cc4nc(cc5[nH]c(cc1n2)c(C)c5CCC(=O)O)C(CCC(=O)OC)=C4C)[C@]1(C)C3=CC=C(C(=O)OC)C1C(=O)OC. The van der Waals surface area contributed by atoms with Gasteiger partial charge in [0, 0.05) is 40.8 Å². The molecule has 0 fully saturated rings. The van der Waals surface area contributed by atoms with Gasteiger partial charge in [0.15, 0.2) is 0 Å². The van der Waals surface area contributed by atoms with Crippen LogP contribution in [0.25, 0.3) is 38.9 Å². The van der Waals surface area contributed by atoms with Crippen molar-refractivity contribution in [1.29, 1.82) is 0 Å². The molecule has 5 heterocycles. The number of carboxylic acid groups (broad SMARTS) is 1. The largest absolute Gasteiger partial charge is 0.481 e. The van der Waals surface area contributed by atoms with Crippen LogP contribution >= 0.6 is 0 Å². The second-order valence-corrected chi connectivity index (χ2v) is 13.5. The van der Waals surface area contributed by atoms with E-state index in [1.54, 1.807) is 12.2 Å². The Morgan fingerprint density at radius 1 is 0.849 bits per heavy atom. The van der Waals surface area contributed by atoms with Crippen molar-refractivity contribution in [3.05, 3.63) is 99.9 Å². The topological polar surface area (TPSA) is 174 Å². The average Bonchev–Trinajstić information content (AvgIpc) is 3.79. The van der Waals surface area contributed by atoms with Crippen LogP contribution in [0.15, 0.2) is 54.6 Å². The molecule has 274 valence electrons. The van der Waals surface area contributed by atoms with Crippen LogP contribution in [-0.4, -0.2) is 70.2 Å². The second-order valence-electron chi connectivity index (χ2n) is 13.5. The highest BCUT2D eigenvalue weighted by atomic mass is 16.5. The molecule has 0 aromatic carbocycles. The zero-order chi connectivity index (χ0) is 38.4. The van der Waals surface area contributed by atoms with Crippen LogP contribution < -0.4 is 0 Å². The molecule has 0 radical (unpaired) electrons. The number of aromatic amines is 2. The van der Waals surface area contributed by atoms with E-state index < -0.39 is 29.2 Å². The van der Waals surface area contributed by atoms with E-state index in [1.807, 2.05) is 58.0 Å². The lowest BCUT2D eigenvalue weighted by atomic mass is 9.64. The lowest BCUT2D eigenvalue weighted by Crippen LogP contribution is -2.42. The quantitative estimate of drug-likeness (QED) is 0.189. The van der Waals surface area contributed by atoms with Gasteiger partial charge in [0.25, 0.3) is 0 Å². The molecule has 1 unspecified atom stereocenters. The number of allylic oxidation sites excluding steroid dienone is 8. The summed E-state index contributed by atoms with van der Waals surface area (Å²) in [6, 6.07) is 7.59. The van der Waals surface area contributed by atoms with Crippen LogP contribution in [0.3, 0.4) is 0 Å². The van der Waals surface area contributed by atoms with Crippen LogP contribution in [0.5, 0.6) is 0 Å². The number of fused-ring (bicyclic) bond motifs is 11. The smallest absolute Gasteiger partial charge is 0.334 e. The van der Waals surface area contributed by atoms with E-state index in [1.165, 1.54) is 21.3 Å². The molecule has 3 aliphatic heterocycles. The zero-order valence-electron chi connectivity index (χ0n) is 30.9. The molecule has 0 saturated carbocycles. The van der Waals surface area contributed by atoms with Gasteiger partial charge in [-0.05, 0) is 98.2 Å². The number of nitrogens with one attached hydrogen (secondary N) is 2. The molecule has 53 heavy (non-hydrogen) atoms. The Morgan fingerprint density at radius 3 is 2.21 bits per heavy atom. The summed E-state index contributed by atoms with van der Waals surface area (Å²) in [6.45, 7) is 11.8. The lowest BCUT2D eigenvalue weighted by molar-refractivity contribution is -0.149. The minimum Gasteiger partial charge on any atom is -0.481 e. The number of aliphatic carboxylic acids is 1. The number of carbonyl (C=O) groups excluding carboxylic acids is 3. The first kappa shape index (κ1) is 36.7. The maximum atomic E-state index is 13.7. The monoisotopic (exact) mass is 718 g/mol. The van der Waals surface area contributed by atoms with Gasteiger partial charge in [0.05, 0.1) is 55.1 Å². The number of H-pyrrole nitrogens is 2. The van der Waals surface area contributed by atoms with Crippen molar-refractivity contribution in [1.82, 2.24) is 19.9 Å². The van der Waals surface area contributed by atoms with E-state index in [0.29, 0.717) is 46.1 Å². The maximum Gasteiger partial charge on any atom is 0.334 e. The Morgan fingerprint density at radius 2 is 1.55 bits per heavy atom. The summed E-state index contributed by atoms with van der Waals surface area (Å²) in [5, 5.41) is 9.61. The molecule has 12 heteroatoms. The highest BCUT2D eigenvalue weighted by molar-refractivity contribution is 6.02. The van der Waals surface area contributed by atoms with Crippen molar-refractivity contribution in [2.45, 2.75) is 58.8 Å². The third-order valence-corrected chi connectivity index (χ3v) is 10.7. The molecule has 3 N–H and O–H groups in total. The molecule has 2 aromatic rings. The summed E-state index contributed by atoms with van der Waals surface area (Å²) in [6.07, 6.45) is 5.79. The highest BCUT2D eigenvalue weighted by Crippen LogP contribution is 2.52. The molecule has 0 amide bonds. The number of carbonyl (C=O) groups is 4. The molecule has 2 atom stereocenters. The van der Waals surface area contributed by atoms with Crippen LogP contribution in [0.4, 0.5) is 0 Å². The third-order valence-electron chi connectivity index (χ3n) is 10.7. The third kappa shape index (κ3) is 6.28. The highest BCUT2D eigenvalue weighted by Gasteiger charge is 2.53. The first-order valence-corrected chi connectivity index (χ1v) is 17.2. The molecule has 4 aliphatic rings. The van der Waals surface area contributed by atoms with E-state index in [9.17, 15) is 24.3 Å². The van der Waals surface area contributed by atoms with E-state index in [4.69, 9.17) is 24.2 Å². The molecule has 0 spiro atoms. The number of rotatable bonds is 9. The summed E-state index contributed by atoms with van der Waals surface area (Å²) in [7, 11) is 3.89. The fourth-order valence-electron chi connectivity index (χ4n) is 7.70. The van der Waals surface area contributed by atoms with Crippen molar-refractivity contribution in [3.63, 3.8) is 0 Å². The molecule has 0 saturated heterocycles. The van der Waals surface area contributed by atoms with Crippen LogP contribution in [0, 0.1) is 12.8 Å². The van der Waals surface area contributed by atoms with Gasteiger partial charge in [0.1, 0.15) is 5.92 Å². The summed E-state index contributed by atoms with van der Waals surface area (Å²) in [4.78, 5) is 68.1. The Hall–Kier alpha value is -6.04. The standard InChI is InChI=1S/C41H42N4O8/c1-9-23-20(2)29-17-34-27-13-10-26(39(49)52-7)38(40(50)53-8)41(27,5)35(45-34)19-30-22(4)25(12-15-37(48)51-6)33(44-30)18-32-24(11-14-36(46)47)21(3)28(43-32)16-31(23)42-29/h9-10,13,16-19,38,43,45H,1,11-12,14-15H2,2-8H3,(H,46,47)/t38?,41-/m0/s1. The molecular weight excluding hydrogens is 676 g/mol. The van der Waals surface area contributed by atoms with Gasteiger partial charge in [-0.15, -0.1) is 0 Å². The van der Waals surface area contributed by atoms with Gasteiger partial charge in [-0.3, -0.25) is 14.4 Å². The zero-order valence-corrected chi connectivity index (χ0v) is 30.9. The van der Waals surface area contributed by atoms with Gasteiger partial charge in [-0.2, -0.15) is 0 Å². The van der Waals surface area contributed by atoms with Gasteiger partial charge in [-0.1, -0.05) is 24.8 Å². The van der Waals surface area contributed by atoms with Crippen LogP contribution in [-0.2, 0) is 45.2 Å². The molecule has 8 bridgehead atoms. The number of carboxylic acids is 1.